The van der Waals surface area contributed by atoms with Crippen molar-refractivity contribution in [3.63, 3.8) is 0 Å². The predicted octanol–water partition coefficient (Wildman–Crippen LogP) is 2.46. The van der Waals surface area contributed by atoms with E-state index in [1.165, 1.54) is 0 Å². The zero-order valence-corrected chi connectivity index (χ0v) is 11.2. The van der Waals surface area contributed by atoms with Gasteiger partial charge in [0.05, 0.1) is 17.4 Å². The second kappa shape index (κ2) is 5.50. The third-order valence-corrected chi connectivity index (χ3v) is 3.18. The number of nitrogens with one attached hydrogen (secondary N) is 2. The van der Waals surface area contributed by atoms with Crippen LogP contribution < -0.4 is 10.9 Å². The van der Waals surface area contributed by atoms with Gasteiger partial charge in [0.15, 0.2) is 0 Å². The van der Waals surface area contributed by atoms with Crippen LogP contribution in [0.5, 0.6) is 0 Å². The molecule has 2 aromatic rings. The molecule has 96 valence electrons. The summed E-state index contributed by atoms with van der Waals surface area (Å²) in [5, 5.41) is 4.44. The van der Waals surface area contributed by atoms with Crippen LogP contribution in [-0.4, -0.2) is 16.0 Å². The molecule has 0 aliphatic rings. The highest BCUT2D eigenvalue weighted by molar-refractivity contribution is 6.31. The van der Waals surface area contributed by atoms with Crippen LogP contribution in [0, 0.1) is 0 Å². The van der Waals surface area contributed by atoms with Crippen molar-refractivity contribution < 1.29 is 0 Å². The minimum atomic E-state index is -0.127. The van der Waals surface area contributed by atoms with Crippen LogP contribution in [0.2, 0.25) is 5.02 Å². The number of halogens is 1. The second-order valence-corrected chi connectivity index (χ2v) is 4.80. The number of hydrogen-bond donors (Lipinski definition) is 2. The van der Waals surface area contributed by atoms with Gasteiger partial charge in [0, 0.05) is 11.1 Å². The normalized spacial score (nSPS) is 12.8. The lowest BCUT2D eigenvalue weighted by Crippen LogP contribution is -2.26. The first-order valence-electron chi connectivity index (χ1n) is 6.02. The smallest absolute Gasteiger partial charge is 0.258 e. The van der Waals surface area contributed by atoms with E-state index >= 15 is 0 Å². The van der Waals surface area contributed by atoms with Gasteiger partial charge < -0.3 is 10.3 Å². The number of aromatic amines is 1. The number of nitrogens with zero attached hydrogens (tertiary/aromatic N) is 1. The first-order valence-corrected chi connectivity index (χ1v) is 6.39. The third kappa shape index (κ3) is 2.89. The van der Waals surface area contributed by atoms with Crippen LogP contribution in [0.3, 0.4) is 0 Å². The van der Waals surface area contributed by atoms with E-state index in [2.05, 4.69) is 29.1 Å². The Morgan fingerprint density at radius 3 is 3.00 bits per heavy atom. The molecule has 0 aliphatic carbocycles. The SMILES string of the molecule is CCC(C)NCc1nc2cc(Cl)ccc2c(=O)[nH]1. The Labute approximate surface area is 110 Å². The van der Waals surface area contributed by atoms with Crippen molar-refractivity contribution >= 4 is 22.5 Å². The van der Waals surface area contributed by atoms with E-state index in [0.717, 1.165) is 6.42 Å². The van der Waals surface area contributed by atoms with E-state index in [4.69, 9.17) is 11.6 Å². The Morgan fingerprint density at radius 2 is 2.28 bits per heavy atom. The molecular weight excluding hydrogens is 250 g/mol. The average molecular weight is 266 g/mol. The van der Waals surface area contributed by atoms with Gasteiger partial charge in [-0.25, -0.2) is 4.98 Å². The molecule has 0 saturated carbocycles. The Hall–Kier alpha value is -1.39. The Morgan fingerprint density at radius 1 is 1.50 bits per heavy atom. The van der Waals surface area contributed by atoms with Crippen LogP contribution in [0.4, 0.5) is 0 Å². The Balaban J connectivity index is 2.33. The lowest BCUT2D eigenvalue weighted by molar-refractivity contribution is 0.523. The van der Waals surface area contributed by atoms with E-state index in [-0.39, 0.29) is 5.56 Å². The maximum atomic E-state index is 11.9. The number of rotatable bonds is 4. The van der Waals surface area contributed by atoms with Crippen molar-refractivity contribution in [2.24, 2.45) is 0 Å². The summed E-state index contributed by atoms with van der Waals surface area (Å²) in [6.07, 6.45) is 1.03. The molecular formula is C13H16ClN3O. The molecule has 2 rings (SSSR count). The fourth-order valence-electron chi connectivity index (χ4n) is 1.66. The highest BCUT2D eigenvalue weighted by Crippen LogP contribution is 2.14. The molecule has 18 heavy (non-hydrogen) atoms. The number of aromatic nitrogens is 2. The van der Waals surface area contributed by atoms with Crippen molar-refractivity contribution in [3.8, 4) is 0 Å². The van der Waals surface area contributed by atoms with Gasteiger partial charge in [0.25, 0.3) is 5.56 Å². The first-order chi connectivity index (χ1) is 8.60. The van der Waals surface area contributed by atoms with Crippen molar-refractivity contribution in [1.82, 2.24) is 15.3 Å². The van der Waals surface area contributed by atoms with E-state index in [1.807, 2.05) is 0 Å². The van der Waals surface area contributed by atoms with Gasteiger partial charge in [0.2, 0.25) is 0 Å². The summed E-state index contributed by atoms with van der Waals surface area (Å²) in [6, 6.07) is 5.48. The number of hydrogen-bond acceptors (Lipinski definition) is 3. The summed E-state index contributed by atoms with van der Waals surface area (Å²) in [7, 11) is 0. The highest BCUT2D eigenvalue weighted by atomic mass is 35.5. The molecule has 1 heterocycles. The van der Waals surface area contributed by atoms with Crippen molar-refractivity contribution in [2.75, 3.05) is 0 Å². The summed E-state index contributed by atoms with van der Waals surface area (Å²) < 4.78 is 0. The van der Waals surface area contributed by atoms with Gasteiger partial charge in [-0.2, -0.15) is 0 Å². The average Bonchev–Trinajstić information content (AvgIpc) is 2.35. The molecule has 2 N–H and O–H groups in total. The zero-order chi connectivity index (χ0) is 13.1. The summed E-state index contributed by atoms with van der Waals surface area (Å²) in [5.74, 6) is 0.634. The molecule has 0 bridgehead atoms. The third-order valence-electron chi connectivity index (χ3n) is 2.95. The second-order valence-electron chi connectivity index (χ2n) is 4.36. The van der Waals surface area contributed by atoms with Crippen LogP contribution in [0.15, 0.2) is 23.0 Å². The molecule has 1 atom stereocenters. The lowest BCUT2D eigenvalue weighted by Gasteiger charge is -2.10. The molecule has 0 fully saturated rings. The molecule has 0 aliphatic heterocycles. The molecule has 0 saturated heterocycles. The number of fused-ring (bicyclic) bond motifs is 1. The molecule has 1 aromatic carbocycles. The van der Waals surface area contributed by atoms with Crippen molar-refractivity contribution in [3.05, 3.63) is 39.4 Å². The van der Waals surface area contributed by atoms with E-state index < -0.39 is 0 Å². The van der Waals surface area contributed by atoms with Gasteiger partial charge in [-0.3, -0.25) is 4.79 Å². The van der Waals surface area contributed by atoms with E-state index in [9.17, 15) is 4.79 Å². The van der Waals surface area contributed by atoms with E-state index in [1.54, 1.807) is 18.2 Å². The maximum Gasteiger partial charge on any atom is 0.258 e. The summed E-state index contributed by atoms with van der Waals surface area (Å²) in [4.78, 5) is 19.0. The van der Waals surface area contributed by atoms with Gasteiger partial charge in [-0.05, 0) is 31.5 Å². The quantitative estimate of drug-likeness (QED) is 0.893. The highest BCUT2D eigenvalue weighted by Gasteiger charge is 2.05. The summed E-state index contributed by atoms with van der Waals surface area (Å²) >= 11 is 5.91. The lowest BCUT2D eigenvalue weighted by atomic mass is 10.2. The Kier molecular flexibility index (Phi) is 3.99. The summed E-state index contributed by atoms with van der Waals surface area (Å²) in [6.45, 7) is 4.75. The largest absolute Gasteiger partial charge is 0.309 e. The van der Waals surface area contributed by atoms with Gasteiger partial charge >= 0.3 is 0 Å². The standard InChI is InChI=1S/C13H16ClN3O/c1-3-8(2)15-7-12-16-11-6-9(14)4-5-10(11)13(18)17-12/h4-6,8,15H,3,7H2,1-2H3,(H,16,17,18). The van der Waals surface area contributed by atoms with Crippen LogP contribution in [0.25, 0.3) is 10.9 Å². The van der Waals surface area contributed by atoms with Gasteiger partial charge in [-0.15, -0.1) is 0 Å². The fraction of sp³-hybridized carbons (Fsp3) is 0.385. The minimum absolute atomic E-state index is 0.127. The number of benzene rings is 1. The fourth-order valence-corrected chi connectivity index (χ4v) is 1.83. The molecule has 0 radical (unpaired) electrons. The monoisotopic (exact) mass is 265 g/mol. The van der Waals surface area contributed by atoms with Crippen molar-refractivity contribution in [1.29, 1.82) is 0 Å². The maximum absolute atomic E-state index is 11.9. The minimum Gasteiger partial charge on any atom is -0.309 e. The zero-order valence-electron chi connectivity index (χ0n) is 10.5. The van der Waals surface area contributed by atoms with Crippen molar-refractivity contribution in [2.45, 2.75) is 32.9 Å². The van der Waals surface area contributed by atoms with Gasteiger partial charge in [-0.1, -0.05) is 18.5 Å². The van der Waals surface area contributed by atoms with Gasteiger partial charge in [0.1, 0.15) is 5.82 Å². The van der Waals surface area contributed by atoms with Crippen LogP contribution in [-0.2, 0) is 6.54 Å². The van der Waals surface area contributed by atoms with E-state index in [0.29, 0.717) is 34.3 Å². The summed E-state index contributed by atoms with van der Waals surface area (Å²) in [5.41, 5.74) is 0.504. The predicted molar refractivity (Wildman–Crippen MR) is 74.0 cm³/mol. The Bertz CT molecular complexity index is 609. The molecule has 1 unspecified atom stereocenters. The van der Waals surface area contributed by atoms with Crippen LogP contribution in [0.1, 0.15) is 26.1 Å². The molecule has 5 heteroatoms. The van der Waals surface area contributed by atoms with Crippen LogP contribution >= 0.6 is 11.6 Å². The number of H-pyrrole nitrogens is 1. The first kappa shape index (κ1) is 13.1. The topological polar surface area (TPSA) is 57.8 Å². The molecule has 0 amide bonds. The molecule has 1 aromatic heterocycles. The molecule has 0 spiro atoms. The molecule has 4 nitrogen and oxygen atoms in total.